The number of carbonyl (C=O) groups is 1. The van der Waals surface area contributed by atoms with Gasteiger partial charge >= 0.3 is 0 Å². The van der Waals surface area contributed by atoms with Crippen LogP contribution in [0, 0.1) is 20.6 Å². The SMILES string of the molecule is Cc1ccc(-n2cnnn2)cc1NC(=O)c1cc([N+](=O)[O-])ccc1I. The molecule has 0 atom stereocenters. The number of tetrazole rings is 1. The average molecular weight is 450 g/mol. The zero-order valence-electron chi connectivity index (χ0n) is 12.9. The summed E-state index contributed by atoms with van der Waals surface area (Å²) in [5.41, 5.74) is 2.19. The predicted molar refractivity (Wildman–Crippen MR) is 97.7 cm³/mol. The van der Waals surface area contributed by atoms with E-state index in [1.165, 1.54) is 29.2 Å². The number of nitrogens with zero attached hydrogens (tertiary/aromatic N) is 5. The lowest BCUT2D eigenvalue weighted by molar-refractivity contribution is -0.384. The summed E-state index contributed by atoms with van der Waals surface area (Å²) >= 11 is 1.97. The van der Waals surface area contributed by atoms with Gasteiger partial charge in [-0.05, 0) is 63.7 Å². The minimum atomic E-state index is -0.531. The third-order valence-electron chi connectivity index (χ3n) is 3.49. The Balaban J connectivity index is 1.92. The third kappa shape index (κ3) is 3.63. The zero-order valence-corrected chi connectivity index (χ0v) is 15.0. The van der Waals surface area contributed by atoms with E-state index in [9.17, 15) is 14.9 Å². The molecule has 0 unspecified atom stereocenters. The highest BCUT2D eigenvalue weighted by atomic mass is 127. The lowest BCUT2D eigenvalue weighted by atomic mass is 10.1. The van der Waals surface area contributed by atoms with Crippen LogP contribution in [0.2, 0.25) is 0 Å². The standard InChI is InChI=1S/C15H11IN6O3/c1-9-2-3-10(21-8-17-19-20-21)7-14(9)18-15(23)12-6-11(22(24)25)4-5-13(12)16/h2-8H,1H3,(H,18,23). The van der Waals surface area contributed by atoms with Crippen LogP contribution in [0.5, 0.6) is 0 Å². The largest absolute Gasteiger partial charge is 0.322 e. The van der Waals surface area contributed by atoms with E-state index in [2.05, 4.69) is 20.8 Å². The summed E-state index contributed by atoms with van der Waals surface area (Å²) in [6.07, 6.45) is 1.44. The molecule has 0 spiro atoms. The molecule has 3 aromatic rings. The van der Waals surface area contributed by atoms with Crippen molar-refractivity contribution < 1.29 is 9.72 Å². The van der Waals surface area contributed by atoms with Crippen molar-refractivity contribution in [2.24, 2.45) is 0 Å². The molecule has 10 heteroatoms. The van der Waals surface area contributed by atoms with Crippen molar-refractivity contribution in [1.82, 2.24) is 20.2 Å². The van der Waals surface area contributed by atoms with Gasteiger partial charge in [-0.2, -0.15) is 0 Å². The van der Waals surface area contributed by atoms with Gasteiger partial charge in [-0.25, -0.2) is 4.68 Å². The van der Waals surface area contributed by atoms with Gasteiger partial charge in [0.25, 0.3) is 11.6 Å². The first-order chi connectivity index (χ1) is 12.0. The molecule has 0 aliphatic carbocycles. The van der Waals surface area contributed by atoms with Crippen LogP contribution < -0.4 is 5.32 Å². The number of hydrogen-bond donors (Lipinski definition) is 1. The van der Waals surface area contributed by atoms with Gasteiger partial charge in [0.05, 0.1) is 16.2 Å². The number of nitro benzene ring substituents is 1. The number of nitrogens with one attached hydrogen (secondary N) is 1. The second-order valence-corrected chi connectivity index (χ2v) is 6.29. The number of aromatic nitrogens is 4. The fourth-order valence-electron chi connectivity index (χ4n) is 2.16. The second kappa shape index (κ2) is 6.93. The van der Waals surface area contributed by atoms with Crippen LogP contribution in [0.15, 0.2) is 42.7 Å². The van der Waals surface area contributed by atoms with E-state index in [0.717, 1.165) is 5.56 Å². The molecule has 25 heavy (non-hydrogen) atoms. The number of anilines is 1. The Labute approximate surface area is 155 Å². The van der Waals surface area contributed by atoms with Gasteiger partial charge in [0.2, 0.25) is 0 Å². The minimum Gasteiger partial charge on any atom is -0.322 e. The Morgan fingerprint density at radius 1 is 1.28 bits per heavy atom. The summed E-state index contributed by atoms with van der Waals surface area (Å²) in [6, 6.07) is 9.54. The van der Waals surface area contributed by atoms with E-state index < -0.39 is 10.8 Å². The molecular formula is C15H11IN6O3. The third-order valence-corrected chi connectivity index (χ3v) is 4.43. The maximum Gasteiger partial charge on any atom is 0.270 e. The normalized spacial score (nSPS) is 10.5. The number of halogens is 1. The first-order valence-electron chi connectivity index (χ1n) is 7.05. The quantitative estimate of drug-likeness (QED) is 0.371. The van der Waals surface area contributed by atoms with Gasteiger partial charge in [0.15, 0.2) is 0 Å². The van der Waals surface area contributed by atoms with Crippen LogP contribution in [0.4, 0.5) is 11.4 Å². The van der Waals surface area contributed by atoms with E-state index >= 15 is 0 Å². The number of carbonyl (C=O) groups excluding carboxylic acids is 1. The molecule has 0 saturated heterocycles. The van der Waals surface area contributed by atoms with Crippen LogP contribution in [0.1, 0.15) is 15.9 Å². The maximum atomic E-state index is 12.6. The number of benzene rings is 2. The minimum absolute atomic E-state index is 0.135. The van der Waals surface area contributed by atoms with Crippen molar-refractivity contribution in [3.05, 3.63) is 67.5 Å². The van der Waals surface area contributed by atoms with E-state index in [1.54, 1.807) is 6.07 Å². The van der Waals surface area contributed by atoms with Crippen LogP contribution in [0.25, 0.3) is 5.69 Å². The molecule has 3 rings (SSSR count). The number of hydrogen-bond acceptors (Lipinski definition) is 6. The molecule has 126 valence electrons. The van der Waals surface area contributed by atoms with Gasteiger partial charge in [-0.3, -0.25) is 14.9 Å². The molecule has 0 aliphatic heterocycles. The number of amides is 1. The van der Waals surface area contributed by atoms with Crippen molar-refractivity contribution in [2.45, 2.75) is 6.92 Å². The fourth-order valence-corrected chi connectivity index (χ4v) is 2.74. The Kier molecular flexibility index (Phi) is 4.70. The Hall–Kier alpha value is -2.89. The van der Waals surface area contributed by atoms with Crippen LogP contribution >= 0.6 is 22.6 Å². The molecule has 1 amide bonds. The fraction of sp³-hybridized carbons (Fsp3) is 0.0667. The lowest BCUT2D eigenvalue weighted by Gasteiger charge is -2.11. The molecule has 0 saturated carbocycles. The lowest BCUT2D eigenvalue weighted by Crippen LogP contribution is -2.15. The number of non-ortho nitro benzene ring substituents is 1. The smallest absolute Gasteiger partial charge is 0.270 e. The molecule has 0 aliphatic rings. The molecule has 9 nitrogen and oxygen atoms in total. The number of aryl methyl sites for hydroxylation is 1. The van der Waals surface area contributed by atoms with E-state index in [0.29, 0.717) is 14.9 Å². The van der Waals surface area contributed by atoms with Gasteiger partial charge in [0, 0.05) is 21.4 Å². The van der Waals surface area contributed by atoms with Crippen LogP contribution in [-0.4, -0.2) is 31.0 Å². The van der Waals surface area contributed by atoms with E-state index in [-0.39, 0.29) is 11.3 Å². The van der Waals surface area contributed by atoms with Crippen molar-refractivity contribution >= 4 is 39.9 Å². The molecule has 1 N–H and O–H groups in total. The van der Waals surface area contributed by atoms with E-state index in [4.69, 9.17) is 0 Å². The second-order valence-electron chi connectivity index (χ2n) is 5.13. The van der Waals surface area contributed by atoms with Gasteiger partial charge in [-0.15, -0.1) is 5.10 Å². The molecule has 0 fully saturated rings. The Morgan fingerprint density at radius 3 is 2.76 bits per heavy atom. The topological polar surface area (TPSA) is 116 Å². The van der Waals surface area contributed by atoms with Gasteiger partial charge in [0.1, 0.15) is 6.33 Å². The van der Waals surface area contributed by atoms with Crippen molar-refractivity contribution in [2.75, 3.05) is 5.32 Å². The number of rotatable bonds is 4. The predicted octanol–water partition coefficient (Wildman–Crippen LogP) is 2.74. The number of nitro groups is 1. The molecular weight excluding hydrogens is 439 g/mol. The molecule has 0 radical (unpaired) electrons. The summed E-state index contributed by atoms with van der Waals surface area (Å²) in [6.45, 7) is 1.84. The maximum absolute atomic E-state index is 12.6. The summed E-state index contributed by atoms with van der Waals surface area (Å²) in [4.78, 5) is 23.0. The Morgan fingerprint density at radius 2 is 2.08 bits per heavy atom. The summed E-state index contributed by atoms with van der Waals surface area (Å²) in [5.74, 6) is -0.426. The summed E-state index contributed by atoms with van der Waals surface area (Å²) in [7, 11) is 0. The van der Waals surface area contributed by atoms with Crippen LogP contribution in [-0.2, 0) is 0 Å². The van der Waals surface area contributed by atoms with Gasteiger partial charge in [-0.1, -0.05) is 6.07 Å². The first kappa shape index (κ1) is 17.0. The zero-order chi connectivity index (χ0) is 18.0. The van der Waals surface area contributed by atoms with Gasteiger partial charge < -0.3 is 5.32 Å². The molecule has 1 heterocycles. The summed E-state index contributed by atoms with van der Waals surface area (Å²) in [5, 5.41) is 24.7. The highest BCUT2D eigenvalue weighted by molar-refractivity contribution is 14.1. The molecule has 2 aromatic carbocycles. The molecule has 1 aromatic heterocycles. The summed E-state index contributed by atoms with van der Waals surface area (Å²) < 4.78 is 2.08. The molecule has 0 bridgehead atoms. The average Bonchev–Trinajstić information content (AvgIpc) is 3.11. The van der Waals surface area contributed by atoms with Crippen molar-refractivity contribution in [3.63, 3.8) is 0 Å². The Bertz CT molecular complexity index is 958. The van der Waals surface area contributed by atoms with Crippen molar-refractivity contribution in [3.8, 4) is 5.69 Å². The van der Waals surface area contributed by atoms with E-state index in [1.807, 2.05) is 41.6 Å². The van der Waals surface area contributed by atoms with Crippen LogP contribution in [0.3, 0.4) is 0 Å². The van der Waals surface area contributed by atoms with Crippen molar-refractivity contribution in [1.29, 1.82) is 0 Å². The monoisotopic (exact) mass is 450 g/mol. The highest BCUT2D eigenvalue weighted by Gasteiger charge is 2.16. The first-order valence-corrected chi connectivity index (χ1v) is 8.13. The highest BCUT2D eigenvalue weighted by Crippen LogP contribution is 2.23.